The van der Waals surface area contributed by atoms with Crippen LogP contribution in [0.15, 0.2) is 42.7 Å². The first-order valence-corrected chi connectivity index (χ1v) is 6.57. The highest BCUT2D eigenvalue weighted by atomic mass is 16.4. The summed E-state index contributed by atoms with van der Waals surface area (Å²) in [6, 6.07) is 6.53. The lowest BCUT2D eigenvalue weighted by Crippen LogP contribution is -2.00. The monoisotopic (exact) mass is 284 g/mol. The number of carboxylic acid groups (broad SMARTS) is 1. The SMILES string of the molecule is CC(C)n1cc(C(=O)C=Cc2ccc(C(=O)O)cc2)cn1. The first kappa shape index (κ1) is 14.7. The smallest absolute Gasteiger partial charge is 0.335 e. The summed E-state index contributed by atoms with van der Waals surface area (Å²) in [5.41, 5.74) is 1.52. The van der Waals surface area contributed by atoms with Gasteiger partial charge in [0, 0.05) is 12.2 Å². The topological polar surface area (TPSA) is 72.2 Å². The molecule has 1 aromatic heterocycles. The zero-order chi connectivity index (χ0) is 15.4. The van der Waals surface area contributed by atoms with Crippen LogP contribution in [-0.2, 0) is 0 Å². The Bertz CT molecular complexity index is 682. The number of hydrogen-bond acceptors (Lipinski definition) is 3. The summed E-state index contributed by atoms with van der Waals surface area (Å²) in [6.45, 7) is 3.97. The summed E-state index contributed by atoms with van der Waals surface area (Å²) in [7, 11) is 0. The molecular formula is C16H16N2O3. The third-order valence-electron chi connectivity index (χ3n) is 3.00. The molecule has 1 N–H and O–H groups in total. The van der Waals surface area contributed by atoms with Crippen LogP contribution in [-0.4, -0.2) is 26.6 Å². The number of carbonyl (C=O) groups excluding carboxylic acids is 1. The van der Waals surface area contributed by atoms with E-state index in [9.17, 15) is 9.59 Å². The van der Waals surface area contributed by atoms with Gasteiger partial charge in [-0.25, -0.2) is 4.79 Å². The van der Waals surface area contributed by atoms with E-state index in [2.05, 4.69) is 5.10 Å². The average Bonchev–Trinajstić information content (AvgIpc) is 2.95. The maximum absolute atomic E-state index is 12.0. The molecule has 0 aliphatic carbocycles. The van der Waals surface area contributed by atoms with Crippen LogP contribution in [0.25, 0.3) is 6.08 Å². The molecule has 5 heteroatoms. The Morgan fingerprint density at radius 3 is 2.38 bits per heavy atom. The maximum atomic E-state index is 12.0. The number of ketones is 1. The van der Waals surface area contributed by atoms with Crippen LogP contribution < -0.4 is 0 Å². The highest BCUT2D eigenvalue weighted by molar-refractivity contribution is 6.06. The van der Waals surface area contributed by atoms with Crippen molar-refractivity contribution in [2.45, 2.75) is 19.9 Å². The minimum absolute atomic E-state index is 0.135. The zero-order valence-corrected chi connectivity index (χ0v) is 11.9. The minimum atomic E-state index is -0.970. The lowest BCUT2D eigenvalue weighted by atomic mass is 10.1. The molecular weight excluding hydrogens is 268 g/mol. The van der Waals surface area contributed by atoms with Gasteiger partial charge in [-0.05, 0) is 37.6 Å². The van der Waals surface area contributed by atoms with Crippen LogP contribution in [0.3, 0.4) is 0 Å². The first-order chi connectivity index (χ1) is 9.97. The van der Waals surface area contributed by atoms with Gasteiger partial charge in [0.1, 0.15) is 0 Å². The van der Waals surface area contributed by atoms with Gasteiger partial charge in [0.05, 0.1) is 17.3 Å². The van der Waals surface area contributed by atoms with E-state index < -0.39 is 5.97 Å². The highest BCUT2D eigenvalue weighted by Crippen LogP contribution is 2.09. The Balaban J connectivity index is 2.09. The van der Waals surface area contributed by atoms with E-state index in [1.54, 1.807) is 35.3 Å². The molecule has 0 aliphatic heterocycles. The molecule has 108 valence electrons. The van der Waals surface area contributed by atoms with Crippen molar-refractivity contribution in [1.29, 1.82) is 0 Å². The molecule has 0 saturated heterocycles. The normalized spacial score (nSPS) is 11.2. The fourth-order valence-electron chi connectivity index (χ4n) is 1.75. The predicted molar refractivity (Wildman–Crippen MR) is 79.4 cm³/mol. The number of rotatable bonds is 5. The number of aromatic carboxylic acids is 1. The Labute approximate surface area is 122 Å². The summed E-state index contributed by atoms with van der Waals surface area (Å²) < 4.78 is 1.72. The Morgan fingerprint density at radius 1 is 1.19 bits per heavy atom. The Morgan fingerprint density at radius 2 is 1.86 bits per heavy atom. The largest absolute Gasteiger partial charge is 0.478 e. The number of nitrogens with zero attached hydrogens (tertiary/aromatic N) is 2. The standard InChI is InChI=1S/C16H16N2O3/c1-11(2)18-10-14(9-17-18)15(19)8-5-12-3-6-13(7-4-12)16(20)21/h3-11H,1-2H3,(H,20,21). The summed E-state index contributed by atoms with van der Waals surface area (Å²) in [5.74, 6) is -1.10. The van der Waals surface area contributed by atoms with Gasteiger partial charge < -0.3 is 5.11 Å². The third kappa shape index (κ3) is 3.66. The van der Waals surface area contributed by atoms with E-state index in [1.165, 1.54) is 18.2 Å². The molecule has 1 aromatic carbocycles. The predicted octanol–water partition coefficient (Wildman–Crippen LogP) is 3.06. The molecule has 2 rings (SSSR count). The summed E-state index contributed by atoms with van der Waals surface area (Å²) in [6.07, 6.45) is 6.36. The van der Waals surface area contributed by atoms with Gasteiger partial charge in [-0.3, -0.25) is 9.48 Å². The lowest BCUT2D eigenvalue weighted by Gasteiger charge is -2.02. The molecule has 1 heterocycles. The summed E-state index contributed by atoms with van der Waals surface area (Å²) in [5, 5.41) is 12.9. The van der Waals surface area contributed by atoms with Crippen LogP contribution >= 0.6 is 0 Å². The maximum Gasteiger partial charge on any atom is 0.335 e. The molecule has 0 unspecified atom stereocenters. The van der Waals surface area contributed by atoms with E-state index in [4.69, 9.17) is 5.11 Å². The van der Waals surface area contributed by atoms with Gasteiger partial charge in [-0.15, -0.1) is 0 Å². The molecule has 0 radical (unpaired) electrons. The molecule has 5 nitrogen and oxygen atoms in total. The number of carboxylic acids is 1. The number of aromatic nitrogens is 2. The molecule has 0 saturated carbocycles. The van der Waals surface area contributed by atoms with Gasteiger partial charge in [0.15, 0.2) is 5.78 Å². The molecule has 0 fully saturated rings. The second-order valence-corrected chi connectivity index (χ2v) is 4.93. The lowest BCUT2D eigenvalue weighted by molar-refractivity contribution is 0.0696. The Hall–Kier alpha value is -2.69. The molecule has 0 bridgehead atoms. The van der Waals surface area contributed by atoms with Crippen molar-refractivity contribution >= 4 is 17.8 Å². The molecule has 0 spiro atoms. The number of carbonyl (C=O) groups is 2. The van der Waals surface area contributed by atoms with E-state index >= 15 is 0 Å². The van der Waals surface area contributed by atoms with Gasteiger partial charge in [-0.1, -0.05) is 18.2 Å². The highest BCUT2D eigenvalue weighted by Gasteiger charge is 2.07. The quantitative estimate of drug-likeness (QED) is 0.676. The molecule has 0 amide bonds. The fourth-order valence-corrected chi connectivity index (χ4v) is 1.75. The summed E-state index contributed by atoms with van der Waals surface area (Å²) >= 11 is 0. The van der Waals surface area contributed by atoms with Gasteiger partial charge in [0.25, 0.3) is 0 Å². The number of hydrogen-bond donors (Lipinski definition) is 1. The fraction of sp³-hybridized carbons (Fsp3) is 0.188. The molecule has 0 atom stereocenters. The van der Waals surface area contributed by atoms with Crippen molar-refractivity contribution in [2.75, 3.05) is 0 Å². The van der Waals surface area contributed by atoms with Crippen LogP contribution in [0, 0.1) is 0 Å². The van der Waals surface area contributed by atoms with E-state index in [-0.39, 0.29) is 17.4 Å². The van der Waals surface area contributed by atoms with E-state index in [1.807, 2.05) is 13.8 Å². The second-order valence-electron chi connectivity index (χ2n) is 4.93. The van der Waals surface area contributed by atoms with Crippen LogP contribution in [0.4, 0.5) is 0 Å². The number of benzene rings is 1. The first-order valence-electron chi connectivity index (χ1n) is 6.57. The number of allylic oxidation sites excluding steroid dienone is 1. The average molecular weight is 284 g/mol. The van der Waals surface area contributed by atoms with Crippen molar-refractivity contribution in [3.63, 3.8) is 0 Å². The zero-order valence-electron chi connectivity index (χ0n) is 11.9. The van der Waals surface area contributed by atoms with Gasteiger partial charge >= 0.3 is 5.97 Å². The molecule has 0 aliphatic rings. The van der Waals surface area contributed by atoms with E-state index in [0.29, 0.717) is 5.56 Å². The third-order valence-corrected chi connectivity index (χ3v) is 3.00. The molecule has 2 aromatic rings. The van der Waals surface area contributed by atoms with Crippen molar-refractivity contribution in [1.82, 2.24) is 9.78 Å². The van der Waals surface area contributed by atoms with Crippen molar-refractivity contribution in [3.8, 4) is 0 Å². The van der Waals surface area contributed by atoms with Crippen molar-refractivity contribution in [2.24, 2.45) is 0 Å². The van der Waals surface area contributed by atoms with Crippen molar-refractivity contribution < 1.29 is 14.7 Å². The minimum Gasteiger partial charge on any atom is -0.478 e. The van der Waals surface area contributed by atoms with Crippen molar-refractivity contribution in [3.05, 3.63) is 59.4 Å². The van der Waals surface area contributed by atoms with Gasteiger partial charge in [0.2, 0.25) is 0 Å². The molecule has 21 heavy (non-hydrogen) atoms. The second kappa shape index (κ2) is 6.17. The van der Waals surface area contributed by atoms with E-state index in [0.717, 1.165) is 5.56 Å². The van der Waals surface area contributed by atoms with Crippen LogP contribution in [0.5, 0.6) is 0 Å². The Kier molecular flexibility index (Phi) is 4.33. The van der Waals surface area contributed by atoms with Crippen LogP contribution in [0.2, 0.25) is 0 Å². The summed E-state index contributed by atoms with van der Waals surface area (Å²) in [4.78, 5) is 22.7. The van der Waals surface area contributed by atoms with Gasteiger partial charge in [-0.2, -0.15) is 5.10 Å². The van der Waals surface area contributed by atoms with Crippen LogP contribution in [0.1, 0.15) is 46.2 Å².